The van der Waals surface area contributed by atoms with Gasteiger partial charge in [-0.3, -0.25) is 4.79 Å². The molecular weight excluding hydrogens is 424 g/mol. The number of carbonyl (C=O) groups is 2. The standard InChI is InChI=1S/C10H7Br3O4/c11-5-3-6(12)10(7(13)4-5)17-9(16)2-1-8(14)15/h3-4H,1-2H2,(H,14,15)/p-1. The summed E-state index contributed by atoms with van der Waals surface area (Å²) in [5.74, 6) is -1.59. The van der Waals surface area contributed by atoms with Crippen molar-refractivity contribution in [1.29, 1.82) is 0 Å². The zero-order valence-corrected chi connectivity index (χ0v) is 13.1. The second-order valence-electron chi connectivity index (χ2n) is 3.04. The molecule has 17 heavy (non-hydrogen) atoms. The number of aliphatic carboxylic acids is 1. The van der Waals surface area contributed by atoms with Crippen LogP contribution in [-0.4, -0.2) is 11.9 Å². The van der Waals surface area contributed by atoms with Crippen LogP contribution in [0.25, 0.3) is 0 Å². The molecule has 0 atom stereocenters. The number of carbonyl (C=O) groups excluding carboxylic acids is 2. The van der Waals surface area contributed by atoms with Crippen LogP contribution in [0.1, 0.15) is 12.8 Å². The molecule has 0 unspecified atom stereocenters. The van der Waals surface area contributed by atoms with E-state index in [4.69, 9.17) is 4.74 Å². The smallest absolute Gasteiger partial charge is 0.311 e. The van der Waals surface area contributed by atoms with Crippen molar-refractivity contribution in [2.24, 2.45) is 0 Å². The average molecular weight is 430 g/mol. The topological polar surface area (TPSA) is 66.4 Å². The van der Waals surface area contributed by atoms with Gasteiger partial charge in [-0.15, -0.1) is 0 Å². The molecule has 0 aliphatic heterocycles. The number of carboxylic acid groups (broad SMARTS) is 1. The summed E-state index contributed by atoms with van der Waals surface area (Å²) in [5.41, 5.74) is 0. The lowest BCUT2D eigenvalue weighted by Crippen LogP contribution is -2.23. The van der Waals surface area contributed by atoms with Crippen LogP contribution in [0.2, 0.25) is 0 Å². The Morgan fingerprint density at radius 1 is 1.12 bits per heavy atom. The van der Waals surface area contributed by atoms with Gasteiger partial charge in [-0.1, -0.05) is 15.9 Å². The van der Waals surface area contributed by atoms with Gasteiger partial charge in [0, 0.05) is 10.4 Å². The second-order valence-corrected chi connectivity index (χ2v) is 5.67. The molecule has 1 aromatic carbocycles. The molecule has 0 fully saturated rings. The molecule has 0 aliphatic carbocycles. The Labute approximate surface area is 123 Å². The number of esters is 1. The highest BCUT2D eigenvalue weighted by molar-refractivity contribution is 9.11. The van der Waals surface area contributed by atoms with Gasteiger partial charge in [0.15, 0.2) is 5.75 Å². The first-order valence-electron chi connectivity index (χ1n) is 4.45. The highest BCUT2D eigenvalue weighted by Crippen LogP contribution is 2.36. The molecule has 7 heteroatoms. The summed E-state index contributed by atoms with van der Waals surface area (Å²) in [6.45, 7) is 0. The molecular formula is C10H6Br3O4-. The SMILES string of the molecule is O=C([O-])CCC(=O)Oc1c(Br)cc(Br)cc1Br. The van der Waals surface area contributed by atoms with Crippen LogP contribution in [0.5, 0.6) is 5.75 Å². The fourth-order valence-corrected chi connectivity index (χ4v) is 3.42. The molecule has 0 heterocycles. The Kier molecular flexibility index (Phi) is 5.61. The third-order valence-corrected chi connectivity index (χ3v) is 3.35. The fourth-order valence-electron chi connectivity index (χ4n) is 0.995. The molecule has 0 amide bonds. The lowest BCUT2D eigenvalue weighted by atomic mass is 10.3. The molecule has 0 radical (unpaired) electrons. The minimum Gasteiger partial charge on any atom is -0.550 e. The number of carboxylic acids is 1. The average Bonchev–Trinajstić information content (AvgIpc) is 2.20. The maximum Gasteiger partial charge on any atom is 0.311 e. The molecule has 0 aromatic heterocycles. The summed E-state index contributed by atoms with van der Waals surface area (Å²) >= 11 is 9.76. The minimum atomic E-state index is -1.28. The van der Waals surface area contributed by atoms with Crippen LogP contribution in [0.15, 0.2) is 25.6 Å². The number of ether oxygens (including phenoxy) is 1. The van der Waals surface area contributed by atoms with Crippen LogP contribution < -0.4 is 9.84 Å². The number of hydrogen-bond donors (Lipinski definition) is 0. The van der Waals surface area contributed by atoms with Crippen LogP contribution in [0.4, 0.5) is 0 Å². The number of halogens is 3. The predicted octanol–water partition coefficient (Wildman–Crippen LogP) is 2.41. The zero-order chi connectivity index (χ0) is 13.0. The van der Waals surface area contributed by atoms with E-state index in [1.54, 1.807) is 12.1 Å². The second kappa shape index (κ2) is 6.51. The summed E-state index contributed by atoms with van der Waals surface area (Å²) in [6, 6.07) is 3.43. The van der Waals surface area contributed by atoms with Gasteiger partial charge in [0.05, 0.1) is 15.4 Å². The summed E-state index contributed by atoms with van der Waals surface area (Å²) in [6.07, 6.45) is -0.581. The molecule has 92 valence electrons. The number of rotatable bonds is 4. The number of benzene rings is 1. The first-order chi connectivity index (χ1) is 7.90. The Morgan fingerprint density at radius 3 is 2.12 bits per heavy atom. The van der Waals surface area contributed by atoms with Crippen molar-refractivity contribution >= 4 is 59.7 Å². The third-order valence-electron chi connectivity index (χ3n) is 1.71. The Morgan fingerprint density at radius 2 is 1.65 bits per heavy atom. The van der Waals surface area contributed by atoms with Gasteiger partial charge in [-0.05, 0) is 50.4 Å². The number of hydrogen-bond acceptors (Lipinski definition) is 4. The van der Waals surface area contributed by atoms with E-state index in [0.29, 0.717) is 14.7 Å². The molecule has 0 N–H and O–H groups in total. The van der Waals surface area contributed by atoms with Crippen molar-refractivity contribution in [3.8, 4) is 5.75 Å². The summed E-state index contributed by atoms with van der Waals surface area (Å²) in [5, 5.41) is 10.2. The molecule has 4 nitrogen and oxygen atoms in total. The lowest BCUT2D eigenvalue weighted by Gasteiger charge is -2.09. The van der Waals surface area contributed by atoms with Gasteiger partial charge in [0.25, 0.3) is 0 Å². The lowest BCUT2D eigenvalue weighted by molar-refractivity contribution is -0.305. The normalized spacial score (nSPS) is 10.1. The first kappa shape index (κ1) is 14.7. The highest BCUT2D eigenvalue weighted by Gasteiger charge is 2.12. The van der Waals surface area contributed by atoms with E-state index >= 15 is 0 Å². The Bertz CT molecular complexity index is 436. The quantitative estimate of drug-likeness (QED) is 0.544. The molecule has 0 spiro atoms. The first-order valence-corrected chi connectivity index (χ1v) is 6.83. The van der Waals surface area contributed by atoms with Gasteiger partial charge in [-0.25, -0.2) is 0 Å². The van der Waals surface area contributed by atoms with Crippen LogP contribution in [0.3, 0.4) is 0 Å². The fraction of sp³-hybridized carbons (Fsp3) is 0.200. The predicted molar refractivity (Wildman–Crippen MR) is 69.4 cm³/mol. The van der Waals surface area contributed by atoms with E-state index < -0.39 is 11.9 Å². The molecule has 1 rings (SSSR count). The van der Waals surface area contributed by atoms with Gasteiger partial charge in [0.2, 0.25) is 0 Å². The molecule has 1 aromatic rings. The molecule has 0 saturated carbocycles. The van der Waals surface area contributed by atoms with E-state index in [1.165, 1.54) is 0 Å². The van der Waals surface area contributed by atoms with E-state index in [-0.39, 0.29) is 12.8 Å². The van der Waals surface area contributed by atoms with Crippen LogP contribution in [-0.2, 0) is 9.59 Å². The maximum absolute atomic E-state index is 11.3. The van der Waals surface area contributed by atoms with Crippen LogP contribution in [0, 0.1) is 0 Å². The van der Waals surface area contributed by atoms with Gasteiger partial charge < -0.3 is 14.6 Å². The minimum absolute atomic E-state index is 0.225. The van der Waals surface area contributed by atoms with Crippen molar-refractivity contribution in [3.63, 3.8) is 0 Å². The van der Waals surface area contributed by atoms with Crippen LogP contribution >= 0.6 is 47.8 Å². The molecule has 0 aliphatic rings. The van der Waals surface area contributed by atoms with E-state index in [2.05, 4.69) is 47.8 Å². The summed E-state index contributed by atoms with van der Waals surface area (Å²) < 4.78 is 7.02. The third kappa shape index (κ3) is 4.77. The summed E-state index contributed by atoms with van der Waals surface area (Å²) in [4.78, 5) is 21.5. The van der Waals surface area contributed by atoms with Crippen molar-refractivity contribution in [1.82, 2.24) is 0 Å². The maximum atomic E-state index is 11.3. The highest BCUT2D eigenvalue weighted by atomic mass is 79.9. The van der Waals surface area contributed by atoms with Gasteiger partial charge >= 0.3 is 5.97 Å². The van der Waals surface area contributed by atoms with E-state index in [9.17, 15) is 14.7 Å². The largest absolute Gasteiger partial charge is 0.550 e. The molecule has 0 bridgehead atoms. The Hall–Kier alpha value is -0.400. The Balaban J connectivity index is 2.75. The molecule has 0 saturated heterocycles. The zero-order valence-electron chi connectivity index (χ0n) is 8.34. The summed E-state index contributed by atoms with van der Waals surface area (Å²) in [7, 11) is 0. The van der Waals surface area contributed by atoms with Crippen molar-refractivity contribution in [3.05, 3.63) is 25.6 Å². The van der Waals surface area contributed by atoms with Crippen molar-refractivity contribution < 1.29 is 19.4 Å². The van der Waals surface area contributed by atoms with Crippen molar-refractivity contribution in [2.75, 3.05) is 0 Å². The van der Waals surface area contributed by atoms with Crippen molar-refractivity contribution in [2.45, 2.75) is 12.8 Å². The van der Waals surface area contributed by atoms with Gasteiger partial charge in [0.1, 0.15) is 0 Å². The monoisotopic (exact) mass is 427 g/mol. The van der Waals surface area contributed by atoms with E-state index in [1.807, 2.05) is 0 Å². The van der Waals surface area contributed by atoms with E-state index in [0.717, 1.165) is 4.47 Å². The van der Waals surface area contributed by atoms with Gasteiger partial charge in [-0.2, -0.15) is 0 Å².